The van der Waals surface area contributed by atoms with Crippen molar-refractivity contribution in [2.24, 2.45) is 5.92 Å². The number of halogens is 2. The molecule has 0 aliphatic carbocycles. The molecule has 0 bridgehead atoms. The van der Waals surface area contributed by atoms with E-state index in [9.17, 15) is 27.0 Å². The summed E-state index contributed by atoms with van der Waals surface area (Å²) in [5.74, 6) is -3.25. The largest absolute Gasteiger partial charge is 0.480 e. The third kappa shape index (κ3) is 4.65. The second kappa shape index (κ2) is 6.84. The Morgan fingerprint density at radius 3 is 2.65 bits per heavy atom. The highest BCUT2D eigenvalue weighted by Crippen LogP contribution is 2.25. The maximum Gasteiger partial charge on any atom is 0.326 e. The number of likely N-dealkylation sites (tertiary alicyclic amines) is 1. The van der Waals surface area contributed by atoms with Gasteiger partial charge in [0, 0.05) is 30.3 Å². The summed E-state index contributed by atoms with van der Waals surface area (Å²) in [5.41, 5.74) is 0.566. The molecule has 1 fully saturated rings. The fraction of sp³-hybridized carbons (Fsp3) is 0.429. The van der Waals surface area contributed by atoms with E-state index in [1.165, 1.54) is 0 Å². The average molecular weight is 364 g/mol. The Morgan fingerprint density at radius 2 is 2.09 bits per heavy atom. The number of rotatable bonds is 6. The van der Waals surface area contributed by atoms with Crippen molar-refractivity contribution in [1.29, 1.82) is 0 Å². The summed E-state index contributed by atoms with van der Waals surface area (Å²) in [5, 5.41) is 9.78. The summed E-state index contributed by atoms with van der Waals surface area (Å²) >= 11 is 6.01. The second-order valence-electron chi connectivity index (χ2n) is 5.47. The molecule has 1 aromatic rings. The maximum atomic E-state index is 12.8. The SMILES string of the molecule is O=C(O)[C@H](Cc1ccccc1Cl)N1CC(CS(=O)(=O)F)CC1=O. The molecule has 1 aliphatic heterocycles. The van der Waals surface area contributed by atoms with E-state index in [0.29, 0.717) is 10.6 Å². The third-order valence-electron chi connectivity index (χ3n) is 3.71. The molecule has 0 saturated carbocycles. The van der Waals surface area contributed by atoms with Gasteiger partial charge in [0.05, 0.1) is 5.75 Å². The van der Waals surface area contributed by atoms with Crippen LogP contribution in [-0.2, 0) is 26.2 Å². The lowest BCUT2D eigenvalue weighted by molar-refractivity contribution is -0.148. The number of carboxylic acid groups (broad SMARTS) is 1. The quantitative estimate of drug-likeness (QED) is 0.773. The van der Waals surface area contributed by atoms with Crippen LogP contribution < -0.4 is 0 Å². The first-order chi connectivity index (χ1) is 10.7. The number of hydrogen-bond donors (Lipinski definition) is 1. The molecule has 6 nitrogen and oxygen atoms in total. The van der Waals surface area contributed by atoms with Gasteiger partial charge in [-0.3, -0.25) is 4.79 Å². The van der Waals surface area contributed by atoms with E-state index in [1.54, 1.807) is 24.3 Å². The first kappa shape index (κ1) is 17.7. The Balaban J connectivity index is 2.17. The van der Waals surface area contributed by atoms with Crippen LogP contribution in [0.25, 0.3) is 0 Å². The Labute approximate surface area is 138 Å². The Kier molecular flexibility index (Phi) is 5.26. The van der Waals surface area contributed by atoms with Gasteiger partial charge in [0.25, 0.3) is 0 Å². The van der Waals surface area contributed by atoms with Gasteiger partial charge in [-0.1, -0.05) is 29.8 Å². The zero-order valence-electron chi connectivity index (χ0n) is 12.0. The summed E-state index contributed by atoms with van der Waals surface area (Å²) in [4.78, 5) is 24.6. The molecule has 0 aromatic heterocycles. The number of aliphatic carboxylic acids is 1. The maximum absolute atomic E-state index is 12.8. The fourth-order valence-electron chi connectivity index (χ4n) is 2.71. The summed E-state index contributed by atoms with van der Waals surface area (Å²) in [6, 6.07) is 5.49. The van der Waals surface area contributed by atoms with Crippen molar-refractivity contribution in [3.8, 4) is 0 Å². The fourth-order valence-corrected chi connectivity index (χ4v) is 3.71. The Morgan fingerprint density at radius 1 is 1.43 bits per heavy atom. The van der Waals surface area contributed by atoms with Crippen molar-refractivity contribution in [1.82, 2.24) is 4.90 Å². The number of nitrogens with zero attached hydrogens (tertiary/aromatic N) is 1. The van der Waals surface area contributed by atoms with Crippen LogP contribution in [0.5, 0.6) is 0 Å². The van der Waals surface area contributed by atoms with Crippen molar-refractivity contribution in [3.63, 3.8) is 0 Å². The number of amides is 1. The second-order valence-corrected chi connectivity index (χ2v) is 7.29. The Bertz CT molecular complexity index is 724. The normalized spacial score (nSPS) is 19.8. The zero-order chi connectivity index (χ0) is 17.2. The average Bonchev–Trinajstić information content (AvgIpc) is 2.75. The lowest BCUT2D eigenvalue weighted by atomic mass is 10.0. The summed E-state index contributed by atoms with van der Waals surface area (Å²) in [6.07, 6.45) is -0.189. The van der Waals surface area contributed by atoms with Gasteiger partial charge in [-0.25, -0.2) is 4.79 Å². The minimum Gasteiger partial charge on any atom is -0.480 e. The van der Waals surface area contributed by atoms with Crippen LogP contribution in [0.3, 0.4) is 0 Å². The van der Waals surface area contributed by atoms with Gasteiger partial charge in [-0.2, -0.15) is 8.42 Å². The van der Waals surface area contributed by atoms with Gasteiger partial charge in [0.15, 0.2) is 0 Å². The Hall–Kier alpha value is -1.67. The molecule has 1 N–H and O–H groups in total. The highest BCUT2D eigenvalue weighted by Gasteiger charge is 2.39. The van der Waals surface area contributed by atoms with Gasteiger partial charge >= 0.3 is 16.2 Å². The van der Waals surface area contributed by atoms with Crippen LogP contribution in [0, 0.1) is 5.92 Å². The highest BCUT2D eigenvalue weighted by molar-refractivity contribution is 7.86. The van der Waals surface area contributed by atoms with Gasteiger partial charge in [0.2, 0.25) is 5.91 Å². The van der Waals surface area contributed by atoms with E-state index < -0.39 is 39.8 Å². The van der Waals surface area contributed by atoms with Crippen molar-refractivity contribution >= 4 is 33.7 Å². The molecule has 1 unspecified atom stereocenters. The van der Waals surface area contributed by atoms with Crippen molar-refractivity contribution < 1.29 is 27.0 Å². The number of carboxylic acids is 1. The number of carbonyl (C=O) groups excluding carboxylic acids is 1. The first-order valence-corrected chi connectivity index (χ1v) is 8.78. The lowest BCUT2D eigenvalue weighted by Gasteiger charge is -2.25. The molecule has 1 aromatic carbocycles. The molecule has 0 radical (unpaired) electrons. The highest BCUT2D eigenvalue weighted by atomic mass is 35.5. The summed E-state index contributed by atoms with van der Waals surface area (Å²) in [6.45, 7) is -0.108. The van der Waals surface area contributed by atoms with Crippen LogP contribution in [0.1, 0.15) is 12.0 Å². The van der Waals surface area contributed by atoms with Crippen LogP contribution in [0.4, 0.5) is 3.89 Å². The van der Waals surface area contributed by atoms with E-state index in [4.69, 9.17) is 11.6 Å². The summed E-state index contributed by atoms with van der Waals surface area (Å²) < 4.78 is 34.2. The van der Waals surface area contributed by atoms with E-state index >= 15 is 0 Å². The number of carbonyl (C=O) groups is 2. The molecular formula is C14H15ClFNO5S. The molecule has 2 rings (SSSR count). The van der Waals surface area contributed by atoms with Gasteiger partial charge in [-0.05, 0) is 11.6 Å². The van der Waals surface area contributed by atoms with E-state index in [-0.39, 0.29) is 19.4 Å². The van der Waals surface area contributed by atoms with Crippen LogP contribution in [0.15, 0.2) is 24.3 Å². The topological polar surface area (TPSA) is 91.8 Å². The molecule has 9 heteroatoms. The van der Waals surface area contributed by atoms with Crippen molar-refractivity contribution in [2.45, 2.75) is 18.9 Å². The predicted octanol–water partition coefficient (Wildman–Crippen LogP) is 1.48. The number of benzene rings is 1. The molecule has 126 valence electrons. The van der Waals surface area contributed by atoms with E-state index in [0.717, 1.165) is 4.90 Å². The van der Waals surface area contributed by atoms with Gasteiger partial charge in [0.1, 0.15) is 6.04 Å². The number of hydrogen-bond acceptors (Lipinski definition) is 4. The third-order valence-corrected chi connectivity index (χ3v) is 4.94. The molecule has 2 atom stereocenters. The monoisotopic (exact) mass is 363 g/mol. The smallest absolute Gasteiger partial charge is 0.326 e. The molecular weight excluding hydrogens is 349 g/mol. The summed E-state index contributed by atoms with van der Waals surface area (Å²) in [7, 11) is -4.71. The van der Waals surface area contributed by atoms with E-state index in [1.807, 2.05) is 0 Å². The van der Waals surface area contributed by atoms with Crippen LogP contribution in [0.2, 0.25) is 5.02 Å². The van der Waals surface area contributed by atoms with E-state index in [2.05, 4.69) is 0 Å². The van der Waals surface area contributed by atoms with Crippen molar-refractivity contribution in [3.05, 3.63) is 34.9 Å². The molecule has 1 aliphatic rings. The molecule has 1 amide bonds. The van der Waals surface area contributed by atoms with Crippen LogP contribution in [-0.4, -0.2) is 48.6 Å². The van der Waals surface area contributed by atoms with Crippen LogP contribution >= 0.6 is 11.6 Å². The van der Waals surface area contributed by atoms with Gasteiger partial charge in [-0.15, -0.1) is 3.89 Å². The first-order valence-electron chi connectivity index (χ1n) is 6.85. The molecule has 0 spiro atoms. The minimum absolute atomic E-state index is 0.00413. The lowest BCUT2D eigenvalue weighted by Crippen LogP contribution is -2.44. The molecule has 1 saturated heterocycles. The standard InChI is InChI=1S/C14H15ClFNO5S/c15-11-4-2-1-3-10(11)6-12(14(19)20)17-7-9(5-13(17)18)8-23(16,21)22/h1-4,9,12H,5-8H2,(H,19,20)/t9?,12-/m0/s1. The molecule has 1 heterocycles. The van der Waals surface area contributed by atoms with Gasteiger partial charge < -0.3 is 10.0 Å². The van der Waals surface area contributed by atoms with Crippen molar-refractivity contribution in [2.75, 3.05) is 12.3 Å². The zero-order valence-corrected chi connectivity index (χ0v) is 13.6. The minimum atomic E-state index is -4.71. The molecule has 23 heavy (non-hydrogen) atoms. The predicted molar refractivity (Wildman–Crippen MR) is 81.3 cm³/mol.